The molecule has 1 aromatic rings. The molecule has 4 nitrogen and oxygen atoms in total. The van der Waals surface area contributed by atoms with Crippen LogP contribution in [0.3, 0.4) is 0 Å². The van der Waals surface area contributed by atoms with Crippen molar-refractivity contribution in [2.24, 2.45) is 5.92 Å². The molecule has 0 aromatic heterocycles. The van der Waals surface area contributed by atoms with Crippen molar-refractivity contribution >= 4 is 23.4 Å². The van der Waals surface area contributed by atoms with Crippen molar-refractivity contribution < 1.29 is 9.59 Å². The van der Waals surface area contributed by atoms with E-state index in [0.717, 1.165) is 19.5 Å². The predicted molar refractivity (Wildman–Crippen MR) is 83.4 cm³/mol. The third-order valence-electron chi connectivity index (χ3n) is 3.75. The lowest BCUT2D eigenvalue weighted by molar-refractivity contribution is -0.132. The average Bonchev–Trinajstić information content (AvgIpc) is 2.47. The van der Waals surface area contributed by atoms with Gasteiger partial charge in [0.1, 0.15) is 0 Å². The minimum absolute atomic E-state index is 0.112. The third-order valence-corrected chi connectivity index (χ3v) is 4.08. The summed E-state index contributed by atoms with van der Waals surface area (Å²) in [7, 11) is 0. The van der Waals surface area contributed by atoms with Crippen molar-refractivity contribution in [1.29, 1.82) is 0 Å². The number of hydrogen-bond donors (Lipinski definition) is 1. The molecule has 0 aliphatic carbocycles. The number of rotatable bonds is 4. The van der Waals surface area contributed by atoms with Crippen molar-refractivity contribution in [2.45, 2.75) is 26.2 Å². The lowest BCUT2D eigenvalue weighted by Gasteiger charge is -2.31. The van der Waals surface area contributed by atoms with Gasteiger partial charge in [-0.15, -0.1) is 0 Å². The molecule has 1 aliphatic heterocycles. The molecule has 0 spiro atoms. The van der Waals surface area contributed by atoms with E-state index in [1.807, 2.05) is 4.90 Å². The summed E-state index contributed by atoms with van der Waals surface area (Å²) < 4.78 is 0. The van der Waals surface area contributed by atoms with Crippen LogP contribution in [0.2, 0.25) is 5.02 Å². The van der Waals surface area contributed by atoms with Crippen LogP contribution in [-0.4, -0.2) is 36.3 Å². The van der Waals surface area contributed by atoms with E-state index in [4.69, 9.17) is 11.6 Å². The third kappa shape index (κ3) is 4.46. The standard InChI is InChI=1S/C16H21ClN2O2/c1-12-5-4-10-19(11-12)15(20)8-9-18-16(21)13-6-2-3-7-14(13)17/h2-3,6-7,12H,4-5,8-11H2,1H3,(H,18,21)/t12-/m0/s1. The maximum Gasteiger partial charge on any atom is 0.252 e. The van der Waals surface area contributed by atoms with Crippen molar-refractivity contribution in [3.63, 3.8) is 0 Å². The first-order valence-electron chi connectivity index (χ1n) is 7.38. The summed E-state index contributed by atoms with van der Waals surface area (Å²) in [5.74, 6) is 0.446. The first-order valence-corrected chi connectivity index (χ1v) is 7.76. The summed E-state index contributed by atoms with van der Waals surface area (Å²) in [5.41, 5.74) is 0.443. The van der Waals surface area contributed by atoms with Gasteiger partial charge < -0.3 is 10.2 Å². The van der Waals surface area contributed by atoms with Gasteiger partial charge in [-0.2, -0.15) is 0 Å². The summed E-state index contributed by atoms with van der Waals surface area (Å²) in [6, 6.07) is 6.89. The SMILES string of the molecule is C[C@H]1CCCN(C(=O)CCNC(=O)c2ccccc2Cl)C1. The minimum Gasteiger partial charge on any atom is -0.351 e. The molecule has 114 valence electrons. The predicted octanol–water partition coefficient (Wildman–Crippen LogP) is 2.72. The second-order valence-electron chi connectivity index (χ2n) is 5.57. The second-order valence-corrected chi connectivity index (χ2v) is 5.98. The highest BCUT2D eigenvalue weighted by molar-refractivity contribution is 6.33. The van der Waals surface area contributed by atoms with E-state index < -0.39 is 0 Å². The topological polar surface area (TPSA) is 49.4 Å². The highest BCUT2D eigenvalue weighted by Gasteiger charge is 2.20. The van der Waals surface area contributed by atoms with E-state index in [2.05, 4.69) is 12.2 Å². The Hall–Kier alpha value is -1.55. The number of benzene rings is 1. The Morgan fingerprint density at radius 3 is 2.86 bits per heavy atom. The minimum atomic E-state index is -0.236. The maximum atomic E-state index is 12.1. The van der Waals surface area contributed by atoms with Crippen LogP contribution in [-0.2, 0) is 4.79 Å². The van der Waals surface area contributed by atoms with Crippen LogP contribution < -0.4 is 5.32 Å². The van der Waals surface area contributed by atoms with Gasteiger partial charge in [-0.3, -0.25) is 9.59 Å². The van der Waals surface area contributed by atoms with Gasteiger partial charge >= 0.3 is 0 Å². The van der Waals surface area contributed by atoms with Gasteiger partial charge in [0.15, 0.2) is 0 Å². The first-order chi connectivity index (χ1) is 10.1. The van der Waals surface area contributed by atoms with Crippen molar-refractivity contribution in [3.8, 4) is 0 Å². The molecule has 21 heavy (non-hydrogen) atoms. The molecule has 1 saturated heterocycles. The molecule has 0 saturated carbocycles. The zero-order valence-corrected chi connectivity index (χ0v) is 13.0. The quantitative estimate of drug-likeness (QED) is 0.930. The number of carbonyl (C=O) groups excluding carboxylic acids is 2. The number of nitrogens with zero attached hydrogens (tertiary/aromatic N) is 1. The van der Waals surface area contributed by atoms with E-state index in [-0.39, 0.29) is 11.8 Å². The van der Waals surface area contributed by atoms with E-state index >= 15 is 0 Å². The number of likely N-dealkylation sites (tertiary alicyclic amines) is 1. The van der Waals surface area contributed by atoms with Crippen LogP contribution in [0.25, 0.3) is 0 Å². The number of amides is 2. The van der Waals surface area contributed by atoms with Gasteiger partial charge in [0.05, 0.1) is 10.6 Å². The summed E-state index contributed by atoms with van der Waals surface area (Å²) in [4.78, 5) is 25.9. The molecule has 2 amide bonds. The van der Waals surface area contributed by atoms with Crippen LogP contribution in [0.15, 0.2) is 24.3 Å². The first kappa shape index (κ1) is 15.8. The van der Waals surface area contributed by atoms with Crippen molar-refractivity contribution in [2.75, 3.05) is 19.6 Å². The molecule has 0 radical (unpaired) electrons. The van der Waals surface area contributed by atoms with Crippen LogP contribution in [0, 0.1) is 5.92 Å². The number of hydrogen-bond acceptors (Lipinski definition) is 2. The van der Waals surface area contributed by atoms with E-state index in [9.17, 15) is 9.59 Å². The van der Waals surface area contributed by atoms with E-state index in [0.29, 0.717) is 29.5 Å². The Bertz CT molecular complexity index is 519. The van der Waals surface area contributed by atoms with Gasteiger partial charge in [-0.1, -0.05) is 30.7 Å². The largest absolute Gasteiger partial charge is 0.351 e. The summed E-state index contributed by atoms with van der Waals surface area (Å²) >= 11 is 5.96. The molecule has 5 heteroatoms. The molecule has 2 rings (SSSR count). The lowest BCUT2D eigenvalue weighted by Crippen LogP contribution is -2.40. The fourth-order valence-corrected chi connectivity index (χ4v) is 2.82. The number of carbonyl (C=O) groups is 2. The fraction of sp³-hybridized carbons (Fsp3) is 0.500. The maximum absolute atomic E-state index is 12.1. The molecule has 1 heterocycles. The molecule has 1 aromatic carbocycles. The van der Waals surface area contributed by atoms with Crippen molar-refractivity contribution in [1.82, 2.24) is 10.2 Å². The van der Waals surface area contributed by atoms with E-state index in [1.54, 1.807) is 24.3 Å². The molecule has 0 unspecified atom stereocenters. The lowest BCUT2D eigenvalue weighted by atomic mass is 10.00. The van der Waals surface area contributed by atoms with E-state index in [1.165, 1.54) is 6.42 Å². The van der Waals surface area contributed by atoms with Gasteiger partial charge in [0.2, 0.25) is 5.91 Å². The average molecular weight is 309 g/mol. The van der Waals surface area contributed by atoms with Gasteiger partial charge in [-0.25, -0.2) is 0 Å². The fourth-order valence-electron chi connectivity index (χ4n) is 2.60. The zero-order chi connectivity index (χ0) is 15.2. The van der Waals surface area contributed by atoms with Crippen molar-refractivity contribution in [3.05, 3.63) is 34.9 Å². The van der Waals surface area contributed by atoms with Crippen LogP contribution in [0.5, 0.6) is 0 Å². The smallest absolute Gasteiger partial charge is 0.252 e. The zero-order valence-electron chi connectivity index (χ0n) is 12.3. The Labute approximate surface area is 130 Å². The molecular formula is C16H21ClN2O2. The van der Waals surface area contributed by atoms with Crippen LogP contribution in [0.1, 0.15) is 36.5 Å². The number of halogens is 1. The second kappa shape index (κ2) is 7.46. The highest BCUT2D eigenvalue weighted by Crippen LogP contribution is 2.16. The van der Waals surface area contributed by atoms with Gasteiger partial charge in [0.25, 0.3) is 5.91 Å². The Morgan fingerprint density at radius 1 is 1.38 bits per heavy atom. The number of nitrogens with one attached hydrogen (secondary N) is 1. The highest BCUT2D eigenvalue weighted by atomic mass is 35.5. The molecule has 1 fully saturated rings. The van der Waals surface area contributed by atoms with Crippen LogP contribution in [0.4, 0.5) is 0 Å². The molecule has 1 N–H and O–H groups in total. The Morgan fingerprint density at radius 2 is 2.14 bits per heavy atom. The normalized spacial score (nSPS) is 18.4. The monoisotopic (exact) mass is 308 g/mol. The Balaban J connectivity index is 1.77. The molecular weight excluding hydrogens is 288 g/mol. The number of piperidine rings is 1. The van der Waals surface area contributed by atoms with Crippen LogP contribution >= 0.6 is 11.6 Å². The summed E-state index contributed by atoms with van der Waals surface area (Å²) in [6.45, 7) is 4.17. The molecule has 1 aliphatic rings. The van der Waals surface area contributed by atoms with Gasteiger partial charge in [-0.05, 0) is 30.9 Å². The molecule has 0 bridgehead atoms. The summed E-state index contributed by atoms with van der Waals surface area (Å²) in [5, 5.41) is 3.17. The molecule has 1 atom stereocenters. The summed E-state index contributed by atoms with van der Waals surface area (Å²) in [6.07, 6.45) is 2.59. The van der Waals surface area contributed by atoms with Gasteiger partial charge in [0, 0.05) is 26.1 Å². The Kier molecular flexibility index (Phi) is 5.62.